The highest BCUT2D eigenvalue weighted by Crippen LogP contribution is 2.36. The summed E-state index contributed by atoms with van der Waals surface area (Å²) in [5.74, 6) is 2.56. The van der Waals surface area contributed by atoms with Gasteiger partial charge in [-0.3, -0.25) is 10.00 Å². The first-order chi connectivity index (χ1) is 13.0. The molecule has 0 saturated carbocycles. The fourth-order valence-electron chi connectivity index (χ4n) is 2.98. The first-order valence-corrected chi connectivity index (χ1v) is 8.75. The van der Waals surface area contributed by atoms with E-state index in [4.69, 9.17) is 22.1 Å². The van der Waals surface area contributed by atoms with Gasteiger partial charge >= 0.3 is 0 Å². The number of hydrogen-bond donors (Lipinski definition) is 2. The van der Waals surface area contributed by atoms with Crippen molar-refractivity contribution in [3.05, 3.63) is 65.3 Å². The van der Waals surface area contributed by atoms with E-state index >= 15 is 0 Å². The van der Waals surface area contributed by atoms with Crippen LogP contribution in [0.2, 0.25) is 5.02 Å². The molecule has 0 bridgehead atoms. The second-order valence-electron chi connectivity index (χ2n) is 6.17. The molecule has 0 amide bonds. The highest BCUT2D eigenvalue weighted by molar-refractivity contribution is 6.30. The number of benzene rings is 2. The van der Waals surface area contributed by atoms with Crippen molar-refractivity contribution in [2.24, 2.45) is 0 Å². The van der Waals surface area contributed by atoms with Crippen LogP contribution in [0.3, 0.4) is 0 Å². The Morgan fingerprint density at radius 1 is 1.04 bits per heavy atom. The molecule has 2 aromatic carbocycles. The number of rotatable bonds is 4. The monoisotopic (exact) mass is 379 g/mol. The number of aryl methyl sites for hydroxylation is 1. The maximum Gasteiger partial charge on any atom is 0.160 e. The van der Waals surface area contributed by atoms with Crippen LogP contribution >= 0.6 is 11.6 Å². The van der Waals surface area contributed by atoms with Crippen LogP contribution in [0.25, 0.3) is 10.8 Å². The zero-order chi connectivity index (χ0) is 19.0. The zero-order valence-electron chi connectivity index (χ0n) is 14.9. The number of H-pyrrole nitrogens is 1. The number of ether oxygens (including phenoxy) is 1. The Morgan fingerprint density at radius 2 is 1.81 bits per heavy atom. The van der Waals surface area contributed by atoms with Crippen molar-refractivity contribution < 1.29 is 4.74 Å². The van der Waals surface area contributed by atoms with Crippen LogP contribution in [-0.2, 0) is 0 Å². The summed E-state index contributed by atoms with van der Waals surface area (Å²) in [7, 11) is 1.64. The number of nitrogens with one attached hydrogen (secondary N) is 1. The summed E-state index contributed by atoms with van der Waals surface area (Å²) in [6, 6.07) is 17.1. The molecule has 0 aliphatic carbocycles. The van der Waals surface area contributed by atoms with E-state index in [1.54, 1.807) is 7.11 Å². The van der Waals surface area contributed by atoms with Gasteiger partial charge in [-0.05, 0) is 60.8 Å². The van der Waals surface area contributed by atoms with Crippen LogP contribution in [0, 0.1) is 6.92 Å². The molecule has 0 radical (unpaired) electrons. The van der Waals surface area contributed by atoms with E-state index in [1.807, 2.05) is 66.4 Å². The van der Waals surface area contributed by atoms with E-state index in [1.165, 1.54) is 0 Å². The number of anilines is 4. The molecule has 0 fully saturated rings. The van der Waals surface area contributed by atoms with E-state index in [2.05, 4.69) is 15.2 Å². The number of aromatic amines is 1. The Kier molecular flexibility index (Phi) is 4.33. The van der Waals surface area contributed by atoms with Crippen molar-refractivity contribution in [3.63, 3.8) is 0 Å². The fourth-order valence-corrected chi connectivity index (χ4v) is 3.11. The third-order valence-corrected chi connectivity index (χ3v) is 4.54. The number of nitrogens with zero attached hydrogens (tertiary/aromatic N) is 3. The highest BCUT2D eigenvalue weighted by atomic mass is 35.5. The van der Waals surface area contributed by atoms with Crippen LogP contribution in [-0.4, -0.2) is 22.3 Å². The van der Waals surface area contributed by atoms with E-state index in [0.717, 1.165) is 27.9 Å². The quantitative estimate of drug-likeness (QED) is 0.522. The molecule has 7 heteroatoms. The third-order valence-electron chi connectivity index (χ3n) is 4.29. The molecular formula is C20H18ClN5O. The van der Waals surface area contributed by atoms with E-state index in [0.29, 0.717) is 22.5 Å². The van der Waals surface area contributed by atoms with E-state index < -0.39 is 0 Å². The summed E-state index contributed by atoms with van der Waals surface area (Å²) in [6.07, 6.45) is 0. The highest BCUT2D eigenvalue weighted by Gasteiger charge is 2.18. The first kappa shape index (κ1) is 17.2. The summed E-state index contributed by atoms with van der Waals surface area (Å²) < 4.78 is 5.34. The molecule has 0 spiro atoms. The molecule has 4 rings (SSSR count). The smallest absolute Gasteiger partial charge is 0.160 e. The number of hydrogen-bond acceptors (Lipinski definition) is 5. The number of nitrogen functional groups attached to an aromatic ring is 1. The lowest BCUT2D eigenvalue weighted by atomic mass is 10.1. The van der Waals surface area contributed by atoms with Gasteiger partial charge in [-0.15, -0.1) is 0 Å². The van der Waals surface area contributed by atoms with Crippen LogP contribution in [0.5, 0.6) is 5.75 Å². The molecule has 4 aromatic rings. The molecule has 2 heterocycles. The minimum atomic E-state index is 0.441. The predicted molar refractivity (Wildman–Crippen MR) is 109 cm³/mol. The van der Waals surface area contributed by atoms with Gasteiger partial charge in [0.1, 0.15) is 17.4 Å². The molecule has 0 aliphatic rings. The normalized spacial score (nSPS) is 10.9. The molecular weight excluding hydrogens is 362 g/mol. The van der Waals surface area contributed by atoms with Gasteiger partial charge in [-0.25, -0.2) is 4.98 Å². The number of nitrogens with two attached hydrogens (primary N) is 1. The SMILES string of the molecule is COc1ccc2c(N)nc(N(c3ccc(Cl)cc3)c3cc(C)[nH]n3)cc2c1. The average molecular weight is 380 g/mol. The van der Waals surface area contributed by atoms with Crippen molar-refractivity contribution in [3.8, 4) is 5.75 Å². The van der Waals surface area contributed by atoms with Crippen molar-refractivity contribution >= 4 is 45.5 Å². The molecule has 0 saturated heterocycles. The van der Waals surface area contributed by atoms with Crippen LogP contribution in [0.1, 0.15) is 5.69 Å². The maximum absolute atomic E-state index is 6.24. The Morgan fingerprint density at radius 3 is 2.48 bits per heavy atom. The van der Waals surface area contributed by atoms with Gasteiger partial charge in [-0.2, -0.15) is 5.10 Å². The van der Waals surface area contributed by atoms with Crippen LogP contribution in [0.15, 0.2) is 54.6 Å². The number of pyridine rings is 1. The average Bonchev–Trinajstić information content (AvgIpc) is 3.09. The minimum absolute atomic E-state index is 0.441. The zero-order valence-corrected chi connectivity index (χ0v) is 15.7. The van der Waals surface area contributed by atoms with Crippen molar-refractivity contribution in [1.82, 2.24) is 15.2 Å². The van der Waals surface area contributed by atoms with Crippen LogP contribution < -0.4 is 15.4 Å². The molecule has 0 atom stereocenters. The summed E-state index contributed by atoms with van der Waals surface area (Å²) in [5.41, 5.74) is 8.06. The fraction of sp³-hybridized carbons (Fsp3) is 0.100. The molecule has 136 valence electrons. The summed E-state index contributed by atoms with van der Waals surface area (Å²) in [6.45, 7) is 1.95. The van der Waals surface area contributed by atoms with Gasteiger partial charge in [0.2, 0.25) is 0 Å². The second-order valence-corrected chi connectivity index (χ2v) is 6.61. The van der Waals surface area contributed by atoms with E-state index in [9.17, 15) is 0 Å². The summed E-state index contributed by atoms with van der Waals surface area (Å²) in [4.78, 5) is 6.54. The molecule has 3 N–H and O–H groups in total. The lowest BCUT2D eigenvalue weighted by Crippen LogP contribution is -2.13. The Hall–Kier alpha value is -3.25. The number of fused-ring (bicyclic) bond motifs is 1. The largest absolute Gasteiger partial charge is 0.497 e. The van der Waals surface area contributed by atoms with Gasteiger partial charge in [0.05, 0.1) is 7.11 Å². The predicted octanol–water partition coefficient (Wildman–Crippen LogP) is 4.98. The molecule has 6 nitrogen and oxygen atoms in total. The molecule has 0 aliphatic heterocycles. The standard InChI is InChI=1S/C20H18ClN5O/c1-12-9-19(25-24-12)26(15-5-3-14(21)4-6-15)18-11-13-10-16(27-2)7-8-17(13)20(22)23-18/h3-11H,1-2H3,(H2,22,23)(H,24,25). The van der Waals surface area contributed by atoms with Crippen molar-refractivity contribution in [2.45, 2.75) is 6.92 Å². The van der Waals surface area contributed by atoms with Gasteiger partial charge < -0.3 is 10.5 Å². The Balaban J connectivity index is 1.92. The lowest BCUT2D eigenvalue weighted by molar-refractivity contribution is 0.415. The molecule has 2 aromatic heterocycles. The van der Waals surface area contributed by atoms with Gasteiger partial charge in [-0.1, -0.05) is 11.6 Å². The number of aromatic nitrogens is 3. The van der Waals surface area contributed by atoms with Gasteiger partial charge in [0, 0.05) is 27.9 Å². The van der Waals surface area contributed by atoms with Gasteiger partial charge in [0.15, 0.2) is 5.82 Å². The van der Waals surface area contributed by atoms with Crippen molar-refractivity contribution in [2.75, 3.05) is 17.7 Å². The third kappa shape index (κ3) is 3.27. The summed E-state index contributed by atoms with van der Waals surface area (Å²) in [5, 5.41) is 9.83. The number of methoxy groups -OCH3 is 1. The Labute approximate surface area is 161 Å². The lowest BCUT2D eigenvalue weighted by Gasteiger charge is -2.22. The molecule has 27 heavy (non-hydrogen) atoms. The number of halogens is 1. The van der Waals surface area contributed by atoms with Crippen LogP contribution in [0.4, 0.5) is 23.1 Å². The maximum atomic E-state index is 6.24. The van der Waals surface area contributed by atoms with Crippen molar-refractivity contribution in [1.29, 1.82) is 0 Å². The Bertz CT molecular complexity index is 1110. The second kappa shape index (κ2) is 6.81. The summed E-state index contributed by atoms with van der Waals surface area (Å²) >= 11 is 6.06. The topological polar surface area (TPSA) is 80.1 Å². The first-order valence-electron chi connectivity index (χ1n) is 8.37. The van der Waals surface area contributed by atoms with Gasteiger partial charge in [0.25, 0.3) is 0 Å². The minimum Gasteiger partial charge on any atom is -0.497 e. The van der Waals surface area contributed by atoms with E-state index in [-0.39, 0.29) is 0 Å². The molecule has 0 unspecified atom stereocenters.